The third-order valence-electron chi connectivity index (χ3n) is 4.70. The van der Waals surface area contributed by atoms with E-state index in [1.807, 2.05) is 48.0 Å². The number of nitrogens with zero attached hydrogens (tertiary/aromatic N) is 3. The predicted octanol–water partition coefficient (Wildman–Crippen LogP) is 4.11. The quantitative estimate of drug-likeness (QED) is 0.358. The molecule has 0 aliphatic carbocycles. The van der Waals surface area contributed by atoms with E-state index in [0.717, 1.165) is 23.3 Å². The van der Waals surface area contributed by atoms with Crippen LogP contribution in [0.25, 0.3) is 22.5 Å². The SMILES string of the molecule is COC(O)c1cc(-c2ccco2)nc2c1c(C)nn2CCCOc1ccccc1. The number of hydrogen-bond acceptors (Lipinski definition) is 6. The van der Waals surface area contributed by atoms with Crippen LogP contribution in [0.3, 0.4) is 0 Å². The van der Waals surface area contributed by atoms with Crippen LogP contribution in [-0.2, 0) is 11.3 Å². The zero-order chi connectivity index (χ0) is 20.2. The zero-order valence-electron chi connectivity index (χ0n) is 16.4. The van der Waals surface area contributed by atoms with E-state index in [9.17, 15) is 5.11 Å². The Balaban J connectivity index is 1.63. The summed E-state index contributed by atoms with van der Waals surface area (Å²) in [5, 5.41) is 15.8. The molecule has 1 N–H and O–H groups in total. The lowest BCUT2D eigenvalue weighted by Crippen LogP contribution is -2.07. The van der Waals surface area contributed by atoms with Crippen LogP contribution in [0.2, 0.25) is 0 Å². The van der Waals surface area contributed by atoms with Gasteiger partial charge in [-0.2, -0.15) is 5.10 Å². The van der Waals surface area contributed by atoms with E-state index in [-0.39, 0.29) is 0 Å². The first-order valence-electron chi connectivity index (χ1n) is 9.48. The number of para-hydroxylation sites is 1. The first-order valence-corrected chi connectivity index (χ1v) is 9.48. The van der Waals surface area contributed by atoms with E-state index in [1.54, 1.807) is 18.4 Å². The highest BCUT2D eigenvalue weighted by atomic mass is 16.6. The average Bonchev–Trinajstić information content (AvgIpc) is 3.39. The summed E-state index contributed by atoms with van der Waals surface area (Å²) in [5.74, 6) is 1.46. The molecule has 150 valence electrons. The number of aryl methyl sites for hydroxylation is 2. The maximum atomic E-state index is 10.4. The number of aliphatic hydroxyl groups is 1. The second-order valence-corrected chi connectivity index (χ2v) is 6.68. The molecular formula is C22H23N3O4. The van der Waals surface area contributed by atoms with Crippen molar-refractivity contribution in [2.45, 2.75) is 26.2 Å². The van der Waals surface area contributed by atoms with E-state index in [2.05, 4.69) is 5.10 Å². The van der Waals surface area contributed by atoms with Gasteiger partial charge in [0, 0.05) is 25.6 Å². The highest BCUT2D eigenvalue weighted by Gasteiger charge is 2.21. The minimum atomic E-state index is -1.08. The van der Waals surface area contributed by atoms with Crippen molar-refractivity contribution in [3.8, 4) is 17.2 Å². The number of hydrogen-bond donors (Lipinski definition) is 1. The molecule has 0 radical (unpaired) electrons. The molecule has 1 aromatic carbocycles. The molecule has 4 aromatic rings. The Kier molecular flexibility index (Phi) is 5.59. The van der Waals surface area contributed by atoms with Crippen LogP contribution in [0.1, 0.15) is 24.0 Å². The Morgan fingerprint density at radius 1 is 1.17 bits per heavy atom. The molecule has 0 bridgehead atoms. The molecule has 0 saturated heterocycles. The molecule has 1 unspecified atom stereocenters. The van der Waals surface area contributed by atoms with Gasteiger partial charge < -0.3 is 19.0 Å². The number of fused-ring (bicyclic) bond motifs is 1. The molecule has 3 heterocycles. The molecule has 4 rings (SSSR count). The standard InChI is InChI=1S/C22H23N3O4/c1-15-20-17(22(26)27-2)14-18(19-10-6-12-29-19)23-21(20)25(24-15)11-7-13-28-16-8-4-3-5-9-16/h3-6,8-10,12,14,22,26H,7,11,13H2,1-2H3. The van der Waals surface area contributed by atoms with Gasteiger partial charge in [0.05, 0.1) is 24.0 Å². The number of furan rings is 1. The Morgan fingerprint density at radius 3 is 2.72 bits per heavy atom. The number of rotatable bonds is 8. The Labute approximate surface area is 168 Å². The van der Waals surface area contributed by atoms with Crippen LogP contribution < -0.4 is 4.74 Å². The van der Waals surface area contributed by atoms with Crippen LogP contribution in [0, 0.1) is 6.92 Å². The molecule has 7 nitrogen and oxygen atoms in total. The van der Waals surface area contributed by atoms with E-state index in [0.29, 0.717) is 35.8 Å². The summed E-state index contributed by atoms with van der Waals surface area (Å²) in [7, 11) is 1.46. The summed E-state index contributed by atoms with van der Waals surface area (Å²) in [6.07, 6.45) is 1.28. The van der Waals surface area contributed by atoms with Crippen molar-refractivity contribution in [1.82, 2.24) is 14.8 Å². The average molecular weight is 393 g/mol. The number of aromatic nitrogens is 3. The summed E-state index contributed by atoms with van der Waals surface area (Å²) in [5.41, 5.74) is 2.71. The van der Waals surface area contributed by atoms with Crippen LogP contribution in [0.15, 0.2) is 59.2 Å². The number of pyridine rings is 1. The minimum absolute atomic E-state index is 0.565. The molecule has 3 aromatic heterocycles. The molecule has 0 fully saturated rings. The molecule has 7 heteroatoms. The second-order valence-electron chi connectivity index (χ2n) is 6.68. The first kappa shape index (κ1) is 19.2. The van der Waals surface area contributed by atoms with Crippen molar-refractivity contribution in [3.05, 3.63) is 66.1 Å². The van der Waals surface area contributed by atoms with Gasteiger partial charge in [0.15, 0.2) is 17.7 Å². The van der Waals surface area contributed by atoms with Crippen molar-refractivity contribution in [1.29, 1.82) is 0 Å². The topological polar surface area (TPSA) is 82.5 Å². The molecule has 0 saturated carbocycles. The van der Waals surface area contributed by atoms with E-state index in [4.69, 9.17) is 18.9 Å². The van der Waals surface area contributed by atoms with Gasteiger partial charge in [-0.3, -0.25) is 0 Å². The summed E-state index contributed by atoms with van der Waals surface area (Å²) in [4.78, 5) is 4.75. The minimum Gasteiger partial charge on any atom is -0.494 e. The molecule has 0 aliphatic heterocycles. The highest BCUT2D eigenvalue weighted by Crippen LogP contribution is 2.31. The Bertz CT molecular complexity index is 1070. The van der Waals surface area contributed by atoms with Gasteiger partial charge in [-0.15, -0.1) is 0 Å². The number of methoxy groups -OCH3 is 1. The highest BCUT2D eigenvalue weighted by molar-refractivity contribution is 5.85. The second kappa shape index (κ2) is 8.46. The van der Waals surface area contributed by atoms with Gasteiger partial charge in [0.1, 0.15) is 11.4 Å². The van der Waals surface area contributed by atoms with Crippen molar-refractivity contribution in [3.63, 3.8) is 0 Å². The summed E-state index contributed by atoms with van der Waals surface area (Å²) in [6.45, 7) is 3.10. The van der Waals surface area contributed by atoms with Crippen molar-refractivity contribution < 1.29 is 19.0 Å². The molecule has 0 spiro atoms. The first-order chi connectivity index (χ1) is 14.2. The summed E-state index contributed by atoms with van der Waals surface area (Å²) in [6, 6.07) is 15.1. The monoisotopic (exact) mass is 393 g/mol. The predicted molar refractivity (Wildman–Crippen MR) is 108 cm³/mol. The van der Waals surface area contributed by atoms with Crippen molar-refractivity contribution >= 4 is 11.0 Å². The zero-order valence-corrected chi connectivity index (χ0v) is 16.4. The maximum Gasteiger partial charge on any atom is 0.181 e. The molecule has 0 amide bonds. The van der Waals surface area contributed by atoms with Gasteiger partial charge in [-0.1, -0.05) is 18.2 Å². The third kappa shape index (κ3) is 4.01. The number of benzene rings is 1. The van der Waals surface area contributed by atoms with Crippen LogP contribution in [0.4, 0.5) is 0 Å². The van der Waals surface area contributed by atoms with Gasteiger partial charge >= 0.3 is 0 Å². The molecule has 1 atom stereocenters. The lowest BCUT2D eigenvalue weighted by Gasteiger charge is -2.12. The lowest BCUT2D eigenvalue weighted by atomic mass is 10.1. The largest absolute Gasteiger partial charge is 0.494 e. The smallest absolute Gasteiger partial charge is 0.181 e. The van der Waals surface area contributed by atoms with E-state index in [1.165, 1.54) is 7.11 Å². The molecular weight excluding hydrogens is 370 g/mol. The van der Waals surface area contributed by atoms with Crippen molar-refractivity contribution in [2.75, 3.05) is 13.7 Å². The van der Waals surface area contributed by atoms with Gasteiger partial charge in [0.25, 0.3) is 0 Å². The summed E-state index contributed by atoms with van der Waals surface area (Å²) >= 11 is 0. The lowest BCUT2D eigenvalue weighted by molar-refractivity contribution is -0.0759. The van der Waals surface area contributed by atoms with Gasteiger partial charge in [-0.05, 0) is 37.3 Å². The van der Waals surface area contributed by atoms with Crippen molar-refractivity contribution in [2.24, 2.45) is 0 Å². The fraction of sp³-hybridized carbons (Fsp3) is 0.273. The normalized spacial score (nSPS) is 12.4. The van der Waals surface area contributed by atoms with Gasteiger partial charge in [-0.25, -0.2) is 9.67 Å². The fourth-order valence-corrected chi connectivity index (χ4v) is 3.34. The number of aliphatic hydroxyl groups excluding tert-OH is 1. The molecule has 0 aliphatic rings. The van der Waals surface area contributed by atoms with Crippen LogP contribution in [0.5, 0.6) is 5.75 Å². The Morgan fingerprint density at radius 2 is 2.00 bits per heavy atom. The van der Waals surface area contributed by atoms with Crippen LogP contribution >= 0.6 is 0 Å². The van der Waals surface area contributed by atoms with E-state index < -0.39 is 6.29 Å². The molecule has 29 heavy (non-hydrogen) atoms. The Hall–Kier alpha value is -3.16. The maximum absolute atomic E-state index is 10.4. The van der Waals surface area contributed by atoms with E-state index >= 15 is 0 Å². The van der Waals surface area contributed by atoms with Gasteiger partial charge in [0.2, 0.25) is 0 Å². The third-order valence-corrected chi connectivity index (χ3v) is 4.70. The summed E-state index contributed by atoms with van der Waals surface area (Å²) < 4.78 is 18.3. The number of ether oxygens (including phenoxy) is 2. The fourth-order valence-electron chi connectivity index (χ4n) is 3.34. The van der Waals surface area contributed by atoms with Crippen LogP contribution in [-0.4, -0.2) is 33.6 Å².